The van der Waals surface area contributed by atoms with Crippen LogP contribution in [0.3, 0.4) is 0 Å². The van der Waals surface area contributed by atoms with Gasteiger partial charge in [0.05, 0.1) is 0 Å². The van der Waals surface area contributed by atoms with Crippen LogP contribution in [0.2, 0.25) is 0 Å². The Kier molecular flexibility index (Phi) is 4.39. The zero-order chi connectivity index (χ0) is 13.1. The smallest absolute Gasteiger partial charge is 0.151 e. The minimum absolute atomic E-state index is 0.506. The van der Waals surface area contributed by atoms with Crippen LogP contribution in [-0.4, -0.2) is 17.0 Å². The number of anilines is 2. The van der Waals surface area contributed by atoms with E-state index in [0.29, 0.717) is 5.82 Å². The van der Waals surface area contributed by atoms with E-state index in [1.165, 1.54) is 11.9 Å². The molecule has 0 amide bonds. The summed E-state index contributed by atoms with van der Waals surface area (Å²) in [6.07, 6.45) is 1.48. The van der Waals surface area contributed by atoms with Crippen molar-refractivity contribution < 1.29 is 0 Å². The molecule has 0 atom stereocenters. The topological polar surface area (TPSA) is 55.0 Å². The average Bonchev–Trinajstić information content (AvgIpc) is 2.28. The zero-order valence-corrected chi connectivity index (χ0v) is 13.5. The van der Waals surface area contributed by atoms with Crippen molar-refractivity contribution in [2.45, 2.75) is 6.54 Å². The van der Waals surface area contributed by atoms with Crippen LogP contribution in [0.4, 0.5) is 11.5 Å². The van der Waals surface area contributed by atoms with Gasteiger partial charge < -0.3 is 10.6 Å². The van der Waals surface area contributed by atoms with E-state index in [4.69, 9.17) is 5.73 Å². The number of hydrogen-bond donors (Lipinski definition) is 1. The number of nitrogen functional groups attached to an aromatic ring is 1. The van der Waals surface area contributed by atoms with Crippen molar-refractivity contribution >= 4 is 50.0 Å². The molecule has 0 unspecified atom stereocenters. The molecular weight excluding hydrogens is 407 g/mol. The van der Waals surface area contributed by atoms with Gasteiger partial charge in [-0.15, -0.1) is 0 Å². The van der Waals surface area contributed by atoms with Crippen LogP contribution in [0.15, 0.2) is 35.1 Å². The van der Waals surface area contributed by atoms with Gasteiger partial charge in [-0.1, -0.05) is 28.1 Å². The van der Waals surface area contributed by atoms with Gasteiger partial charge in [0.15, 0.2) is 5.82 Å². The van der Waals surface area contributed by atoms with Crippen LogP contribution < -0.4 is 10.6 Å². The van der Waals surface area contributed by atoms with Crippen molar-refractivity contribution in [3.05, 3.63) is 44.3 Å². The van der Waals surface area contributed by atoms with Gasteiger partial charge >= 0.3 is 0 Å². The predicted octanol–water partition coefficient (Wildman–Crippen LogP) is 3.06. The van der Waals surface area contributed by atoms with Gasteiger partial charge in [0.25, 0.3) is 0 Å². The summed E-state index contributed by atoms with van der Waals surface area (Å²) in [7, 11) is 1.98. The number of benzene rings is 1. The molecule has 0 spiro atoms. The Morgan fingerprint density at radius 3 is 2.83 bits per heavy atom. The molecule has 6 heteroatoms. The van der Waals surface area contributed by atoms with Crippen LogP contribution in [0, 0.1) is 3.70 Å². The Bertz CT molecular complexity index is 541. The summed E-state index contributed by atoms with van der Waals surface area (Å²) in [6.45, 7) is 0.757. The van der Waals surface area contributed by atoms with Crippen molar-refractivity contribution in [2.24, 2.45) is 0 Å². The van der Waals surface area contributed by atoms with E-state index in [9.17, 15) is 0 Å². The van der Waals surface area contributed by atoms with E-state index in [1.807, 2.05) is 19.2 Å². The first kappa shape index (κ1) is 13.5. The molecule has 94 valence electrons. The Hall–Kier alpha value is -0.890. The molecule has 0 aliphatic heterocycles. The third kappa shape index (κ3) is 3.11. The molecule has 2 N–H and O–H groups in total. The number of nitrogens with two attached hydrogens (primary N) is 1. The van der Waals surface area contributed by atoms with Crippen LogP contribution in [0.5, 0.6) is 0 Å². The second kappa shape index (κ2) is 5.83. The number of hydrogen-bond acceptors (Lipinski definition) is 4. The number of rotatable bonds is 3. The largest absolute Gasteiger partial charge is 0.382 e. The van der Waals surface area contributed by atoms with Crippen molar-refractivity contribution in [2.75, 3.05) is 17.7 Å². The first-order chi connectivity index (χ1) is 8.58. The fourth-order valence-corrected chi connectivity index (χ4v) is 2.97. The molecule has 0 aliphatic rings. The molecule has 0 radical (unpaired) electrons. The second-order valence-electron chi connectivity index (χ2n) is 3.88. The minimum Gasteiger partial charge on any atom is -0.382 e. The zero-order valence-electron chi connectivity index (χ0n) is 9.77. The van der Waals surface area contributed by atoms with Gasteiger partial charge in [-0.25, -0.2) is 9.97 Å². The molecule has 0 aliphatic carbocycles. The molecule has 18 heavy (non-hydrogen) atoms. The fourth-order valence-electron chi connectivity index (χ4n) is 1.71. The van der Waals surface area contributed by atoms with Crippen LogP contribution in [-0.2, 0) is 6.54 Å². The maximum Gasteiger partial charge on any atom is 0.151 e. The first-order valence-electron chi connectivity index (χ1n) is 5.29. The summed E-state index contributed by atoms with van der Waals surface area (Å²) in [5.74, 6) is 0.506. The van der Waals surface area contributed by atoms with Crippen molar-refractivity contribution in [1.29, 1.82) is 0 Å². The van der Waals surface area contributed by atoms with Gasteiger partial charge in [-0.3, -0.25) is 0 Å². The molecule has 1 aromatic heterocycles. The third-order valence-corrected chi connectivity index (χ3v) is 3.78. The van der Waals surface area contributed by atoms with E-state index in [1.54, 1.807) is 0 Å². The maximum atomic E-state index is 5.90. The number of nitrogens with zero attached hydrogens (tertiary/aromatic N) is 3. The molecule has 0 saturated heterocycles. The van der Waals surface area contributed by atoms with Gasteiger partial charge in [-0.05, 0) is 40.3 Å². The maximum absolute atomic E-state index is 5.90. The Morgan fingerprint density at radius 2 is 2.17 bits per heavy atom. The summed E-state index contributed by atoms with van der Waals surface area (Å²) in [5, 5.41) is 0. The summed E-state index contributed by atoms with van der Waals surface area (Å²) in [5.41, 5.74) is 7.97. The quantitative estimate of drug-likeness (QED) is 0.614. The van der Waals surface area contributed by atoms with Crippen LogP contribution >= 0.6 is 38.5 Å². The lowest BCUT2D eigenvalue weighted by Crippen LogP contribution is -2.20. The molecule has 1 aromatic carbocycles. The molecule has 1 heterocycles. The van der Waals surface area contributed by atoms with Crippen molar-refractivity contribution in [3.8, 4) is 0 Å². The molecule has 4 nitrogen and oxygen atoms in total. The van der Waals surface area contributed by atoms with Crippen molar-refractivity contribution in [3.63, 3.8) is 0 Å². The summed E-state index contributed by atoms with van der Waals surface area (Å²) < 4.78 is 1.93. The predicted molar refractivity (Wildman–Crippen MR) is 85.4 cm³/mol. The standard InChI is InChI=1S/C12H12BrIN4/c1-18(6-8-3-2-4-9(13)5-8)10-11(14)16-7-17-12(10)15/h2-5,7H,6H2,1H3,(H2,15,16,17). The molecule has 0 bridgehead atoms. The van der Waals surface area contributed by atoms with Gasteiger partial charge in [0, 0.05) is 18.1 Å². The molecule has 0 saturated carbocycles. The monoisotopic (exact) mass is 418 g/mol. The van der Waals surface area contributed by atoms with E-state index in [0.717, 1.165) is 20.4 Å². The van der Waals surface area contributed by atoms with Crippen molar-refractivity contribution in [1.82, 2.24) is 9.97 Å². The van der Waals surface area contributed by atoms with E-state index in [-0.39, 0.29) is 0 Å². The molecule has 2 rings (SSSR count). The van der Waals surface area contributed by atoms with Crippen LogP contribution in [0.1, 0.15) is 5.56 Å². The molecular formula is C12H12BrIN4. The van der Waals surface area contributed by atoms with Gasteiger partial charge in [-0.2, -0.15) is 0 Å². The lowest BCUT2D eigenvalue weighted by molar-refractivity contribution is 0.905. The highest BCUT2D eigenvalue weighted by Crippen LogP contribution is 2.26. The lowest BCUT2D eigenvalue weighted by atomic mass is 10.2. The minimum atomic E-state index is 0.506. The Balaban J connectivity index is 2.25. The van der Waals surface area contributed by atoms with Gasteiger partial charge in [0.2, 0.25) is 0 Å². The Labute approximate surface area is 128 Å². The SMILES string of the molecule is CN(Cc1cccc(Br)c1)c1c(N)ncnc1I. The van der Waals surface area contributed by atoms with E-state index >= 15 is 0 Å². The highest BCUT2D eigenvalue weighted by Gasteiger charge is 2.12. The number of aromatic nitrogens is 2. The average molecular weight is 419 g/mol. The molecule has 2 aromatic rings. The second-order valence-corrected chi connectivity index (χ2v) is 5.82. The number of halogens is 2. The van der Waals surface area contributed by atoms with E-state index in [2.05, 4.69) is 65.5 Å². The van der Waals surface area contributed by atoms with E-state index < -0.39 is 0 Å². The highest BCUT2D eigenvalue weighted by atomic mass is 127. The summed E-state index contributed by atoms with van der Waals surface area (Å²) in [4.78, 5) is 10.3. The third-order valence-electron chi connectivity index (χ3n) is 2.50. The van der Waals surface area contributed by atoms with Gasteiger partial charge in [0.1, 0.15) is 15.7 Å². The lowest BCUT2D eigenvalue weighted by Gasteiger charge is -2.21. The van der Waals surface area contributed by atoms with Crippen LogP contribution in [0.25, 0.3) is 0 Å². The normalized spacial score (nSPS) is 10.4. The highest BCUT2D eigenvalue weighted by molar-refractivity contribution is 14.1. The summed E-state index contributed by atoms with van der Waals surface area (Å²) in [6, 6.07) is 8.19. The fraction of sp³-hybridized carbons (Fsp3) is 0.167. The Morgan fingerprint density at radius 1 is 1.39 bits per heavy atom. The summed E-state index contributed by atoms with van der Waals surface area (Å²) >= 11 is 5.64. The first-order valence-corrected chi connectivity index (χ1v) is 7.16. The molecule has 0 fully saturated rings.